The van der Waals surface area contributed by atoms with E-state index in [0.29, 0.717) is 6.04 Å². The lowest BCUT2D eigenvalue weighted by atomic mass is 10.0. The molecule has 1 N–H and O–H groups in total. The summed E-state index contributed by atoms with van der Waals surface area (Å²) in [5.41, 5.74) is 4.02. The largest absolute Gasteiger partial charge is 0.310 e. The summed E-state index contributed by atoms with van der Waals surface area (Å²) in [5.74, 6) is 0. The van der Waals surface area contributed by atoms with Gasteiger partial charge in [0.25, 0.3) is 0 Å². The third kappa shape index (κ3) is 3.44. The number of rotatable bonds is 5. The Balaban J connectivity index is 1.85. The third-order valence-corrected chi connectivity index (χ3v) is 3.20. The van der Waals surface area contributed by atoms with Crippen molar-refractivity contribution in [2.75, 3.05) is 0 Å². The van der Waals surface area contributed by atoms with Gasteiger partial charge in [0, 0.05) is 31.4 Å². The normalized spacial score (nSPS) is 12.6. The van der Waals surface area contributed by atoms with Gasteiger partial charge in [-0.05, 0) is 31.4 Å². The van der Waals surface area contributed by atoms with Crippen molar-refractivity contribution in [1.29, 1.82) is 0 Å². The summed E-state index contributed by atoms with van der Waals surface area (Å²) in [4.78, 5) is 0. The van der Waals surface area contributed by atoms with Gasteiger partial charge in [0.15, 0.2) is 0 Å². The summed E-state index contributed by atoms with van der Waals surface area (Å²) in [7, 11) is 1.94. The van der Waals surface area contributed by atoms with E-state index in [2.05, 4.69) is 48.5 Å². The van der Waals surface area contributed by atoms with Gasteiger partial charge < -0.3 is 5.32 Å². The lowest BCUT2D eigenvalue weighted by molar-refractivity contribution is 0.544. The second-order valence-electron chi connectivity index (χ2n) is 4.93. The molecule has 96 valence electrons. The van der Waals surface area contributed by atoms with Crippen LogP contribution in [0.3, 0.4) is 0 Å². The van der Waals surface area contributed by atoms with Gasteiger partial charge in [-0.1, -0.05) is 24.3 Å². The van der Waals surface area contributed by atoms with E-state index in [-0.39, 0.29) is 0 Å². The minimum atomic E-state index is 0.464. The van der Waals surface area contributed by atoms with Crippen LogP contribution >= 0.6 is 0 Å². The average molecular weight is 243 g/mol. The van der Waals surface area contributed by atoms with Gasteiger partial charge in [-0.15, -0.1) is 0 Å². The summed E-state index contributed by atoms with van der Waals surface area (Å²) in [6.45, 7) is 5.27. The molecule has 1 heterocycles. The van der Waals surface area contributed by atoms with E-state index in [4.69, 9.17) is 0 Å². The van der Waals surface area contributed by atoms with Crippen molar-refractivity contribution in [2.45, 2.75) is 32.9 Å². The minimum Gasteiger partial charge on any atom is -0.310 e. The highest BCUT2D eigenvalue weighted by molar-refractivity contribution is 5.26. The molecule has 0 aliphatic carbocycles. The lowest BCUT2D eigenvalue weighted by Crippen LogP contribution is -2.27. The van der Waals surface area contributed by atoms with Crippen LogP contribution in [0.5, 0.6) is 0 Å². The predicted molar refractivity (Wildman–Crippen MR) is 74.4 cm³/mol. The van der Waals surface area contributed by atoms with E-state index in [1.807, 2.05) is 24.1 Å². The van der Waals surface area contributed by atoms with Gasteiger partial charge in [0.2, 0.25) is 0 Å². The predicted octanol–water partition coefficient (Wildman–Crippen LogP) is 2.45. The highest BCUT2D eigenvalue weighted by Gasteiger charge is 2.05. The van der Waals surface area contributed by atoms with Crippen LogP contribution in [0.25, 0.3) is 0 Å². The molecule has 0 saturated heterocycles. The topological polar surface area (TPSA) is 29.9 Å². The molecule has 0 amide bonds. The monoisotopic (exact) mass is 243 g/mol. The van der Waals surface area contributed by atoms with Crippen LogP contribution in [0.1, 0.15) is 23.6 Å². The first kappa shape index (κ1) is 12.8. The number of aryl methyl sites for hydroxylation is 2. The molecule has 0 bridgehead atoms. The molecule has 3 heteroatoms. The maximum Gasteiger partial charge on any atom is 0.0534 e. The number of nitrogens with one attached hydrogen (secondary N) is 1. The molecule has 3 nitrogen and oxygen atoms in total. The average Bonchev–Trinajstić information content (AvgIpc) is 2.76. The van der Waals surface area contributed by atoms with E-state index >= 15 is 0 Å². The van der Waals surface area contributed by atoms with Crippen molar-refractivity contribution in [3.05, 3.63) is 53.3 Å². The molecule has 0 aliphatic rings. The number of nitrogens with zero attached hydrogens (tertiary/aromatic N) is 2. The van der Waals surface area contributed by atoms with Crippen LogP contribution < -0.4 is 5.32 Å². The molecular weight excluding hydrogens is 222 g/mol. The Hall–Kier alpha value is -1.61. The Bertz CT molecular complexity index is 502. The molecular formula is C15H21N3. The number of aromatic nitrogens is 2. The summed E-state index contributed by atoms with van der Waals surface area (Å²) in [6, 6.07) is 9.04. The third-order valence-electron chi connectivity index (χ3n) is 3.20. The fourth-order valence-electron chi connectivity index (χ4n) is 2.10. The number of hydrogen-bond acceptors (Lipinski definition) is 2. The van der Waals surface area contributed by atoms with E-state index in [9.17, 15) is 0 Å². The molecule has 1 aromatic heterocycles. The SMILES string of the molecule is Cc1ccccc1CC(C)NCc1cnn(C)c1. The molecule has 0 radical (unpaired) electrons. The fourth-order valence-corrected chi connectivity index (χ4v) is 2.10. The van der Waals surface area contributed by atoms with Crippen molar-refractivity contribution >= 4 is 0 Å². The molecule has 18 heavy (non-hydrogen) atoms. The van der Waals surface area contributed by atoms with Crippen LogP contribution in [0.15, 0.2) is 36.7 Å². The molecule has 2 rings (SSSR count). The Morgan fingerprint density at radius 2 is 2.11 bits per heavy atom. The van der Waals surface area contributed by atoms with Gasteiger partial charge in [0.1, 0.15) is 0 Å². The van der Waals surface area contributed by atoms with Crippen LogP contribution in [0, 0.1) is 6.92 Å². The maximum atomic E-state index is 4.17. The van der Waals surface area contributed by atoms with Crippen molar-refractivity contribution in [3.8, 4) is 0 Å². The number of benzene rings is 1. The highest BCUT2D eigenvalue weighted by atomic mass is 15.2. The fraction of sp³-hybridized carbons (Fsp3) is 0.400. The molecule has 0 spiro atoms. The number of hydrogen-bond donors (Lipinski definition) is 1. The van der Waals surface area contributed by atoms with Crippen molar-refractivity contribution in [2.24, 2.45) is 7.05 Å². The zero-order chi connectivity index (χ0) is 13.0. The molecule has 0 saturated carbocycles. The van der Waals surface area contributed by atoms with E-state index < -0.39 is 0 Å². The molecule has 1 aromatic carbocycles. The first-order valence-corrected chi connectivity index (χ1v) is 6.40. The van der Waals surface area contributed by atoms with E-state index in [1.165, 1.54) is 16.7 Å². The van der Waals surface area contributed by atoms with Gasteiger partial charge in [0.05, 0.1) is 6.20 Å². The van der Waals surface area contributed by atoms with E-state index in [0.717, 1.165) is 13.0 Å². The first-order valence-electron chi connectivity index (χ1n) is 6.40. The van der Waals surface area contributed by atoms with E-state index in [1.54, 1.807) is 0 Å². The second kappa shape index (κ2) is 5.83. The van der Waals surface area contributed by atoms with Crippen LogP contribution in [-0.2, 0) is 20.0 Å². The summed E-state index contributed by atoms with van der Waals surface area (Å²) in [5, 5.41) is 7.70. The van der Waals surface area contributed by atoms with Gasteiger partial charge in [-0.2, -0.15) is 5.10 Å². The molecule has 1 unspecified atom stereocenters. The van der Waals surface area contributed by atoms with Gasteiger partial charge in [-0.3, -0.25) is 4.68 Å². The Labute approximate surface area is 109 Å². The Kier molecular flexibility index (Phi) is 4.15. The second-order valence-corrected chi connectivity index (χ2v) is 4.93. The zero-order valence-corrected chi connectivity index (χ0v) is 11.4. The first-order chi connectivity index (χ1) is 8.65. The summed E-state index contributed by atoms with van der Waals surface area (Å²) in [6.07, 6.45) is 5.02. The summed E-state index contributed by atoms with van der Waals surface area (Å²) < 4.78 is 1.84. The van der Waals surface area contributed by atoms with Crippen LogP contribution in [0.2, 0.25) is 0 Å². The Morgan fingerprint density at radius 1 is 1.33 bits per heavy atom. The highest BCUT2D eigenvalue weighted by Crippen LogP contribution is 2.10. The lowest BCUT2D eigenvalue weighted by Gasteiger charge is -2.14. The summed E-state index contributed by atoms with van der Waals surface area (Å²) >= 11 is 0. The smallest absolute Gasteiger partial charge is 0.0534 e. The molecule has 2 aromatic rings. The molecule has 0 fully saturated rings. The maximum absolute atomic E-state index is 4.17. The van der Waals surface area contributed by atoms with Gasteiger partial charge in [-0.25, -0.2) is 0 Å². The Morgan fingerprint density at radius 3 is 2.78 bits per heavy atom. The standard InChI is InChI=1S/C15H21N3/c1-12-6-4-5-7-15(12)8-13(2)16-9-14-10-17-18(3)11-14/h4-7,10-11,13,16H,8-9H2,1-3H3. The van der Waals surface area contributed by atoms with Crippen molar-refractivity contribution < 1.29 is 0 Å². The van der Waals surface area contributed by atoms with Crippen molar-refractivity contribution in [3.63, 3.8) is 0 Å². The molecule has 1 atom stereocenters. The van der Waals surface area contributed by atoms with Gasteiger partial charge >= 0.3 is 0 Å². The quantitative estimate of drug-likeness (QED) is 0.874. The van der Waals surface area contributed by atoms with Crippen LogP contribution in [0.4, 0.5) is 0 Å². The van der Waals surface area contributed by atoms with Crippen LogP contribution in [-0.4, -0.2) is 15.8 Å². The molecule has 0 aliphatic heterocycles. The zero-order valence-electron chi connectivity index (χ0n) is 11.4. The minimum absolute atomic E-state index is 0.464. The van der Waals surface area contributed by atoms with Crippen molar-refractivity contribution in [1.82, 2.24) is 15.1 Å².